The van der Waals surface area contributed by atoms with E-state index in [4.69, 9.17) is 16.0 Å². The Labute approximate surface area is 134 Å². The molecule has 0 fully saturated rings. The van der Waals surface area contributed by atoms with Gasteiger partial charge in [-0.05, 0) is 56.2 Å². The summed E-state index contributed by atoms with van der Waals surface area (Å²) in [6.45, 7) is 5.37. The SMILES string of the molecule is Cc1cccc(S(=O)(=O)c2c(C)oc3c(C)cc(Cl)cc23)c1. The highest BCUT2D eigenvalue weighted by molar-refractivity contribution is 7.91. The van der Waals surface area contributed by atoms with Crippen LogP contribution in [0.25, 0.3) is 11.0 Å². The number of sulfone groups is 1. The molecule has 0 amide bonds. The highest BCUT2D eigenvalue weighted by Crippen LogP contribution is 2.36. The van der Waals surface area contributed by atoms with Crippen LogP contribution < -0.4 is 0 Å². The summed E-state index contributed by atoms with van der Waals surface area (Å²) in [5.41, 5.74) is 2.27. The van der Waals surface area contributed by atoms with E-state index in [2.05, 4.69) is 0 Å². The zero-order valence-corrected chi connectivity index (χ0v) is 14.0. The molecule has 5 heteroatoms. The second-order valence-electron chi connectivity index (χ2n) is 5.41. The van der Waals surface area contributed by atoms with Gasteiger partial charge in [0.05, 0.1) is 4.90 Å². The largest absolute Gasteiger partial charge is 0.460 e. The predicted molar refractivity (Wildman–Crippen MR) is 87.3 cm³/mol. The van der Waals surface area contributed by atoms with Gasteiger partial charge in [0.15, 0.2) is 0 Å². The number of halogens is 1. The van der Waals surface area contributed by atoms with Crippen LogP contribution in [0.15, 0.2) is 50.6 Å². The molecule has 1 aromatic heterocycles. The van der Waals surface area contributed by atoms with Gasteiger partial charge in [0.1, 0.15) is 16.2 Å². The van der Waals surface area contributed by atoms with E-state index in [9.17, 15) is 8.42 Å². The first-order valence-electron chi connectivity index (χ1n) is 6.81. The van der Waals surface area contributed by atoms with Gasteiger partial charge in [-0.3, -0.25) is 0 Å². The first kappa shape index (κ1) is 15.1. The van der Waals surface area contributed by atoms with Gasteiger partial charge in [0, 0.05) is 10.4 Å². The lowest BCUT2D eigenvalue weighted by Crippen LogP contribution is -2.03. The summed E-state index contributed by atoms with van der Waals surface area (Å²) in [7, 11) is -3.66. The fraction of sp³-hybridized carbons (Fsp3) is 0.176. The average Bonchev–Trinajstić information content (AvgIpc) is 2.76. The van der Waals surface area contributed by atoms with Crippen LogP contribution in [0.2, 0.25) is 5.02 Å². The summed E-state index contributed by atoms with van der Waals surface area (Å²) in [5.74, 6) is 0.377. The Morgan fingerprint density at radius 1 is 1.05 bits per heavy atom. The highest BCUT2D eigenvalue weighted by atomic mass is 35.5. The molecule has 3 rings (SSSR count). The van der Waals surface area contributed by atoms with E-state index in [0.29, 0.717) is 21.8 Å². The molecule has 0 bridgehead atoms. The molecule has 0 radical (unpaired) electrons. The standard InChI is InChI=1S/C17H15ClO3S/c1-10-5-4-6-14(7-10)22(19,20)17-12(3)21-16-11(2)8-13(18)9-15(16)17/h4-9H,1-3H3. The van der Waals surface area contributed by atoms with Crippen LogP contribution >= 0.6 is 11.6 Å². The Hall–Kier alpha value is -1.78. The number of hydrogen-bond donors (Lipinski definition) is 0. The molecule has 0 N–H and O–H groups in total. The van der Waals surface area contributed by atoms with E-state index in [0.717, 1.165) is 11.1 Å². The molecule has 2 aromatic carbocycles. The molecule has 0 unspecified atom stereocenters. The van der Waals surface area contributed by atoms with E-state index in [1.165, 1.54) is 0 Å². The van der Waals surface area contributed by atoms with E-state index < -0.39 is 9.84 Å². The van der Waals surface area contributed by atoms with Crippen molar-refractivity contribution in [3.63, 3.8) is 0 Å². The van der Waals surface area contributed by atoms with Crippen molar-refractivity contribution in [2.24, 2.45) is 0 Å². The number of aryl methyl sites for hydroxylation is 3. The van der Waals surface area contributed by atoms with Crippen LogP contribution in [0.3, 0.4) is 0 Å². The van der Waals surface area contributed by atoms with Crippen molar-refractivity contribution in [2.45, 2.75) is 30.6 Å². The fourth-order valence-corrected chi connectivity index (χ4v) is 4.63. The van der Waals surface area contributed by atoms with Gasteiger partial charge in [0.2, 0.25) is 9.84 Å². The van der Waals surface area contributed by atoms with Crippen LogP contribution in [0.4, 0.5) is 0 Å². The molecule has 114 valence electrons. The van der Waals surface area contributed by atoms with Crippen molar-refractivity contribution >= 4 is 32.4 Å². The quantitative estimate of drug-likeness (QED) is 0.673. The molecule has 22 heavy (non-hydrogen) atoms. The Morgan fingerprint density at radius 2 is 1.77 bits per heavy atom. The van der Waals surface area contributed by atoms with Gasteiger partial charge in [0.25, 0.3) is 0 Å². The Kier molecular flexibility index (Phi) is 3.54. The van der Waals surface area contributed by atoms with Gasteiger partial charge in [-0.15, -0.1) is 0 Å². The van der Waals surface area contributed by atoms with Crippen molar-refractivity contribution in [1.29, 1.82) is 0 Å². The second-order valence-corrected chi connectivity index (χ2v) is 7.73. The molecular weight excluding hydrogens is 320 g/mol. The number of fused-ring (bicyclic) bond motifs is 1. The van der Waals surface area contributed by atoms with E-state index in [-0.39, 0.29) is 9.79 Å². The minimum Gasteiger partial charge on any atom is -0.460 e. The van der Waals surface area contributed by atoms with Gasteiger partial charge in [-0.1, -0.05) is 23.7 Å². The molecule has 3 nitrogen and oxygen atoms in total. The maximum Gasteiger partial charge on any atom is 0.210 e. The average molecular weight is 335 g/mol. The topological polar surface area (TPSA) is 47.3 Å². The highest BCUT2D eigenvalue weighted by Gasteiger charge is 2.27. The second kappa shape index (κ2) is 5.14. The maximum absolute atomic E-state index is 13.0. The maximum atomic E-state index is 13.0. The molecule has 0 aliphatic carbocycles. The molecule has 0 saturated carbocycles. The van der Waals surface area contributed by atoms with Crippen molar-refractivity contribution in [3.8, 4) is 0 Å². The summed E-state index contributed by atoms with van der Waals surface area (Å²) < 4.78 is 31.7. The summed E-state index contributed by atoms with van der Waals surface area (Å²) in [6, 6.07) is 10.3. The monoisotopic (exact) mass is 334 g/mol. The van der Waals surface area contributed by atoms with Gasteiger partial charge in [-0.25, -0.2) is 8.42 Å². The first-order valence-corrected chi connectivity index (χ1v) is 8.68. The Morgan fingerprint density at radius 3 is 2.45 bits per heavy atom. The van der Waals surface area contributed by atoms with Gasteiger partial charge >= 0.3 is 0 Å². The molecule has 0 saturated heterocycles. The Bertz CT molecular complexity index is 985. The molecular formula is C17H15ClO3S. The first-order chi connectivity index (χ1) is 10.3. The lowest BCUT2D eigenvalue weighted by Gasteiger charge is -2.05. The lowest BCUT2D eigenvalue weighted by molar-refractivity contribution is 0.556. The lowest BCUT2D eigenvalue weighted by atomic mass is 10.2. The van der Waals surface area contributed by atoms with Crippen molar-refractivity contribution in [1.82, 2.24) is 0 Å². The summed E-state index contributed by atoms with van der Waals surface area (Å²) in [4.78, 5) is 0.453. The number of benzene rings is 2. The molecule has 0 aliphatic rings. The number of hydrogen-bond acceptors (Lipinski definition) is 3. The van der Waals surface area contributed by atoms with Crippen LogP contribution in [-0.2, 0) is 9.84 Å². The normalized spacial score (nSPS) is 12.0. The van der Waals surface area contributed by atoms with Gasteiger partial charge < -0.3 is 4.42 Å². The fourth-order valence-electron chi connectivity index (χ4n) is 2.66. The summed E-state index contributed by atoms with van der Waals surface area (Å²) in [5, 5.41) is 1.02. The zero-order valence-electron chi connectivity index (χ0n) is 12.5. The van der Waals surface area contributed by atoms with Crippen molar-refractivity contribution in [2.75, 3.05) is 0 Å². The van der Waals surface area contributed by atoms with Crippen LogP contribution in [0.5, 0.6) is 0 Å². The smallest absolute Gasteiger partial charge is 0.210 e. The van der Waals surface area contributed by atoms with E-state index in [1.54, 1.807) is 37.3 Å². The van der Waals surface area contributed by atoms with Crippen molar-refractivity contribution in [3.05, 3.63) is 58.3 Å². The molecule has 0 atom stereocenters. The summed E-state index contributed by atoms with van der Waals surface area (Å²) in [6.07, 6.45) is 0. The molecule has 1 heterocycles. The molecule has 0 aliphatic heterocycles. The van der Waals surface area contributed by atoms with Crippen LogP contribution in [0, 0.1) is 20.8 Å². The third-order valence-corrected chi connectivity index (χ3v) is 5.77. The number of rotatable bonds is 2. The zero-order chi connectivity index (χ0) is 16.1. The Balaban J connectivity index is 2.37. The minimum atomic E-state index is -3.66. The number of furan rings is 1. The minimum absolute atomic E-state index is 0.193. The molecule has 3 aromatic rings. The predicted octanol–water partition coefficient (Wildman–Crippen LogP) is 4.84. The third kappa shape index (κ3) is 2.32. The van der Waals surface area contributed by atoms with E-state index in [1.807, 2.05) is 19.9 Å². The van der Waals surface area contributed by atoms with Crippen LogP contribution in [0.1, 0.15) is 16.9 Å². The van der Waals surface area contributed by atoms with Gasteiger partial charge in [-0.2, -0.15) is 0 Å². The van der Waals surface area contributed by atoms with Crippen LogP contribution in [-0.4, -0.2) is 8.42 Å². The van der Waals surface area contributed by atoms with Crippen molar-refractivity contribution < 1.29 is 12.8 Å². The summed E-state index contributed by atoms with van der Waals surface area (Å²) >= 11 is 6.09. The van der Waals surface area contributed by atoms with E-state index >= 15 is 0 Å². The molecule has 0 spiro atoms. The third-order valence-electron chi connectivity index (χ3n) is 3.63.